The molecule has 1 amide bonds. The van der Waals surface area contributed by atoms with E-state index in [1.807, 2.05) is 16.7 Å². The highest BCUT2D eigenvalue weighted by atomic mass is 16.3. The van der Waals surface area contributed by atoms with Gasteiger partial charge in [-0.2, -0.15) is 0 Å². The molecule has 3 unspecified atom stereocenters. The fraction of sp³-hybridized carbons (Fsp3) is 0.455. The summed E-state index contributed by atoms with van der Waals surface area (Å²) in [5, 5.41) is 14.7. The maximum absolute atomic E-state index is 11.7. The summed E-state index contributed by atoms with van der Waals surface area (Å²) in [6, 6.07) is 0.101. The number of aromatic nitrogens is 2. The summed E-state index contributed by atoms with van der Waals surface area (Å²) in [4.78, 5) is 15.8. The Labute approximate surface area is 104 Å². The van der Waals surface area contributed by atoms with Gasteiger partial charge in [0.2, 0.25) is 0 Å². The molecular formula is C11H15N5O2. The molecule has 1 aromatic heterocycles. The fourth-order valence-corrected chi connectivity index (χ4v) is 2.41. The van der Waals surface area contributed by atoms with Crippen LogP contribution in [0.3, 0.4) is 0 Å². The number of nitrogens with two attached hydrogens (primary N) is 1. The largest absolute Gasteiger partial charge is 0.396 e. The Morgan fingerprint density at radius 3 is 3.06 bits per heavy atom. The number of anilines is 1. The van der Waals surface area contributed by atoms with Gasteiger partial charge in [-0.15, -0.1) is 0 Å². The molecule has 0 aromatic carbocycles. The van der Waals surface area contributed by atoms with Crippen LogP contribution in [0, 0.1) is 5.92 Å². The van der Waals surface area contributed by atoms with E-state index in [1.165, 1.54) is 0 Å². The lowest BCUT2D eigenvalue weighted by molar-refractivity contribution is 0.0932. The van der Waals surface area contributed by atoms with E-state index in [9.17, 15) is 4.79 Å². The van der Waals surface area contributed by atoms with Crippen LogP contribution >= 0.6 is 0 Å². The van der Waals surface area contributed by atoms with Crippen molar-refractivity contribution in [3.8, 4) is 0 Å². The van der Waals surface area contributed by atoms with Crippen molar-refractivity contribution < 1.29 is 9.90 Å². The first-order valence-corrected chi connectivity index (χ1v) is 5.88. The van der Waals surface area contributed by atoms with Crippen LogP contribution in [-0.2, 0) is 0 Å². The van der Waals surface area contributed by atoms with Gasteiger partial charge in [-0.1, -0.05) is 12.2 Å². The van der Waals surface area contributed by atoms with E-state index in [1.54, 1.807) is 6.33 Å². The normalized spacial score (nSPS) is 29.9. The molecule has 1 aromatic rings. The minimum Gasteiger partial charge on any atom is -0.396 e. The van der Waals surface area contributed by atoms with Crippen LogP contribution in [0.15, 0.2) is 18.5 Å². The molecule has 7 nitrogen and oxygen atoms in total. The second kappa shape index (κ2) is 4.11. The third-order valence-corrected chi connectivity index (χ3v) is 3.33. The van der Waals surface area contributed by atoms with E-state index in [2.05, 4.69) is 15.6 Å². The number of fused-ring (bicyclic) bond motifs is 1. The van der Waals surface area contributed by atoms with Crippen LogP contribution in [0.2, 0.25) is 0 Å². The van der Waals surface area contributed by atoms with Gasteiger partial charge >= 0.3 is 0 Å². The molecule has 1 aliphatic carbocycles. The molecule has 0 bridgehead atoms. The number of nitrogens with one attached hydrogen (secondary N) is 2. The monoisotopic (exact) mass is 249 g/mol. The third-order valence-electron chi connectivity index (χ3n) is 3.33. The summed E-state index contributed by atoms with van der Waals surface area (Å²) in [5.41, 5.74) is 6.04. The number of amides is 1. The second-order valence-electron chi connectivity index (χ2n) is 4.58. The molecule has 18 heavy (non-hydrogen) atoms. The Morgan fingerprint density at radius 1 is 1.50 bits per heavy atom. The highest BCUT2D eigenvalue weighted by molar-refractivity contribution is 5.99. The number of imidazole rings is 1. The number of carbonyl (C=O) groups is 1. The maximum atomic E-state index is 11.7. The Kier molecular flexibility index (Phi) is 2.57. The number of rotatable bonds is 2. The van der Waals surface area contributed by atoms with Crippen LogP contribution in [0.25, 0.3) is 0 Å². The maximum Gasteiger partial charge on any atom is 0.276 e. The molecular weight excluding hydrogens is 234 g/mol. The minimum atomic E-state index is -0.598. The summed E-state index contributed by atoms with van der Waals surface area (Å²) >= 11 is 0. The van der Waals surface area contributed by atoms with Gasteiger partial charge in [0, 0.05) is 12.5 Å². The van der Waals surface area contributed by atoms with Crippen LogP contribution in [-0.4, -0.2) is 33.5 Å². The molecule has 3 atom stereocenters. The summed E-state index contributed by atoms with van der Waals surface area (Å²) in [7, 11) is 0. The van der Waals surface area contributed by atoms with E-state index < -0.39 is 6.29 Å². The van der Waals surface area contributed by atoms with E-state index in [0.29, 0.717) is 11.5 Å². The highest BCUT2D eigenvalue weighted by Crippen LogP contribution is 2.32. The predicted octanol–water partition coefficient (Wildman–Crippen LogP) is -0.610. The number of hydrogen-bond acceptors (Lipinski definition) is 5. The first-order valence-electron chi connectivity index (χ1n) is 5.88. The molecule has 0 spiro atoms. The Bertz CT molecular complexity index is 510. The Hall–Kier alpha value is -1.86. The van der Waals surface area contributed by atoms with Crippen molar-refractivity contribution in [3.63, 3.8) is 0 Å². The van der Waals surface area contributed by atoms with Crippen molar-refractivity contribution in [3.05, 3.63) is 24.2 Å². The van der Waals surface area contributed by atoms with Gasteiger partial charge < -0.3 is 20.3 Å². The lowest BCUT2D eigenvalue weighted by atomic mass is 10.1. The van der Waals surface area contributed by atoms with Gasteiger partial charge in [-0.05, 0) is 6.42 Å². The van der Waals surface area contributed by atoms with Crippen molar-refractivity contribution >= 4 is 11.7 Å². The molecule has 0 saturated heterocycles. The molecule has 2 aliphatic rings. The van der Waals surface area contributed by atoms with E-state index in [0.717, 1.165) is 6.42 Å². The van der Waals surface area contributed by atoms with Gasteiger partial charge in [0.05, 0.1) is 12.4 Å². The van der Waals surface area contributed by atoms with Gasteiger partial charge in [0.1, 0.15) is 5.82 Å². The zero-order chi connectivity index (χ0) is 12.7. The fourth-order valence-electron chi connectivity index (χ4n) is 2.41. The van der Waals surface area contributed by atoms with Crippen molar-refractivity contribution in [1.82, 2.24) is 14.9 Å². The predicted molar refractivity (Wildman–Crippen MR) is 64.7 cm³/mol. The second-order valence-corrected chi connectivity index (χ2v) is 4.58. The van der Waals surface area contributed by atoms with Crippen molar-refractivity contribution in [1.29, 1.82) is 0 Å². The first-order chi connectivity index (χ1) is 8.69. The van der Waals surface area contributed by atoms with Gasteiger partial charge in [-0.3, -0.25) is 10.5 Å². The van der Waals surface area contributed by atoms with Gasteiger partial charge in [-0.25, -0.2) is 4.98 Å². The number of carbonyl (C=O) groups excluding carboxylic acids is 1. The van der Waals surface area contributed by atoms with Gasteiger partial charge in [0.25, 0.3) is 5.91 Å². The molecule has 1 aliphatic heterocycles. The standard InChI is InChI=1S/C11H15N5O2/c12-11-14-9-8(10(18)15-11)13-5-16(9)7-2-1-6(3-7)4-17/h1-2,5-7,11,14,17H,3-4,12H2,(H,15,18). The molecule has 7 heteroatoms. The molecule has 96 valence electrons. The number of nitrogens with zero attached hydrogens (tertiary/aromatic N) is 2. The third kappa shape index (κ3) is 1.68. The smallest absolute Gasteiger partial charge is 0.276 e. The minimum absolute atomic E-state index is 0.101. The molecule has 0 fully saturated rings. The van der Waals surface area contributed by atoms with Crippen LogP contribution < -0.4 is 16.4 Å². The number of hydrogen-bond donors (Lipinski definition) is 4. The molecule has 3 rings (SSSR count). The van der Waals surface area contributed by atoms with Crippen molar-refractivity contribution in [2.45, 2.75) is 18.8 Å². The molecule has 5 N–H and O–H groups in total. The number of aliphatic hydroxyl groups excluding tert-OH is 1. The Morgan fingerprint density at radius 2 is 2.33 bits per heavy atom. The number of aliphatic hydroxyl groups is 1. The van der Waals surface area contributed by atoms with Gasteiger partial charge in [0.15, 0.2) is 12.0 Å². The van der Waals surface area contributed by atoms with Crippen LogP contribution in [0.4, 0.5) is 5.82 Å². The van der Waals surface area contributed by atoms with E-state index >= 15 is 0 Å². The number of allylic oxidation sites excluding steroid dienone is 1. The van der Waals surface area contributed by atoms with E-state index in [4.69, 9.17) is 10.8 Å². The van der Waals surface area contributed by atoms with Crippen LogP contribution in [0.5, 0.6) is 0 Å². The zero-order valence-corrected chi connectivity index (χ0v) is 9.71. The topological polar surface area (TPSA) is 105 Å². The SMILES string of the molecule is NC1NC(=O)c2ncn(C3C=CC(CO)C3)c2N1. The lowest BCUT2D eigenvalue weighted by Crippen LogP contribution is -2.51. The average molecular weight is 249 g/mol. The van der Waals surface area contributed by atoms with Crippen molar-refractivity contribution in [2.75, 3.05) is 11.9 Å². The average Bonchev–Trinajstić information content (AvgIpc) is 2.93. The summed E-state index contributed by atoms with van der Waals surface area (Å²) in [5.74, 6) is 0.536. The summed E-state index contributed by atoms with van der Waals surface area (Å²) < 4.78 is 1.89. The quantitative estimate of drug-likeness (QED) is 0.523. The highest BCUT2D eigenvalue weighted by Gasteiger charge is 2.29. The molecule has 0 saturated carbocycles. The Balaban J connectivity index is 1.91. The molecule has 0 radical (unpaired) electrons. The lowest BCUT2D eigenvalue weighted by Gasteiger charge is -2.24. The summed E-state index contributed by atoms with van der Waals surface area (Å²) in [6.45, 7) is 0.136. The van der Waals surface area contributed by atoms with Crippen molar-refractivity contribution in [2.24, 2.45) is 11.7 Å². The summed E-state index contributed by atoms with van der Waals surface area (Å²) in [6.07, 6.45) is 5.84. The zero-order valence-electron chi connectivity index (χ0n) is 9.71. The molecule has 2 heterocycles. The van der Waals surface area contributed by atoms with E-state index in [-0.39, 0.29) is 24.5 Å². The first kappa shape index (κ1) is 11.2. The van der Waals surface area contributed by atoms with Crippen LogP contribution in [0.1, 0.15) is 23.0 Å².